The van der Waals surface area contributed by atoms with Crippen molar-refractivity contribution in [2.75, 3.05) is 18.4 Å². The largest absolute Gasteiger partial charge is 0.481 e. The number of aromatic nitrogens is 2. The summed E-state index contributed by atoms with van der Waals surface area (Å²) in [6.07, 6.45) is 6.44. The van der Waals surface area contributed by atoms with Gasteiger partial charge in [-0.2, -0.15) is 0 Å². The Balaban J connectivity index is 1.52. The summed E-state index contributed by atoms with van der Waals surface area (Å²) in [7, 11) is 0. The average molecular weight is 384 g/mol. The number of rotatable bonds is 6. The van der Waals surface area contributed by atoms with Crippen molar-refractivity contribution in [3.05, 3.63) is 48.5 Å². The number of likely N-dealkylation sites (tertiary alicyclic amines) is 1. The maximum absolute atomic E-state index is 12.6. The van der Waals surface area contributed by atoms with Crippen molar-refractivity contribution < 1.29 is 19.5 Å². The van der Waals surface area contributed by atoms with Crippen LogP contribution in [0.1, 0.15) is 42.6 Å². The van der Waals surface area contributed by atoms with Crippen molar-refractivity contribution in [2.45, 2.75) is 32.2 Å². The van der Waals surface area contributed by atoms with Crippen LogP contribution in [0.2, 0.25) is 0 Å². The van der Waals surface area contributed by atoms with Crippen molar-refractivity contribution in [1.82, 2.24) is 14.5 Å². The number of aliphatic carboxylic acids is 1. The number of carbonyl (C=O) groups is 3. The fourth-order valence-corrected chi connectivity index (χ4v) is 3.32. The highest BCUT2D eigenvalue weighted by Gasteiger charge is 2.27. The van der Waals surface area contributed by atoms with E-state index < -0.39 is 5.97 Å². The zero-order valence-corrected chi connectivity index (χ0v) is 15.7. The Morgan fingerprint density at radius 3 is 2.46 bits per heavy atom. The van der Waals surface area contributed by atoms with Crippen LogP contribution in [0, 0.1) is 5.92 Å². The van der Waals surface area contributed by atoms with E-state index in [1.54, 1.807) is 41.7 Å². The van der Waals surface area contributed by atoms with E-state index >= 15 is 0 Å². The number of carbonyl (C=O) groups excluding carboxylic acids is 2. The second-order valence-electron chi connectivity index (χ2n) is 7.09. The van der Waals surface area contributed by atoms with E-state index in [1.165, 1.54) is 0 Å². The number of hydrogen-bond donors (Lipinski definition) is 2. The van der Waals surface area contributed by atoms with Crippen molar-refractivity contribution >= 4 is 23.5 Å². The first kappa shape index (κ1) is 19.6. The van der Waals surface area contributed by atoms with Crippen LogP contribution in [0.25, 0.3) is 0 Å². The van der Waals surface area contributed by atoms with Crippen molar-refractivity contribution in [1.29, 1.82) is 0 Å². The highest BCUT2D eigenvalue weighted by atomic mass is 16.4. The Bertz CT molecular complexity index is 824. The number of benzene rings is 1. The molecule has 2 aromatic rings. The van der Waals surface area contributed by atoms with Gasteiger partial charge in [0.05, 0.1) is 12.2 Å². The molecule has 2 heterocycles. The first-order valence-corrected chi connectivity index (χ1v) is 9.33. The molecule has 1 fully saturated rings. The molecule has 0 bridgehead atoms. The fourth-order valence-electron chi connectivity index (χ4n) is 3.32. The maximum atomic E-state index is 12.6. The monoisotopic (exact) mass is 384 g/mol. The quantitative estimate of drug-likeness (QED) is 0.796. The molecule has 8 nitrogen and oxygen atoms in total. The zero-order chi connectivity index (χ0) is 20.1. The second-order valence-corrected chi connectivity index (χ2v) is 7.09. The van der Waals surface area contributed by atoms with E-state index in [0.717, 1.165) is 0 Å². The van der Waals surface area contributed by atoms with Crippen LogP contribution in [0.4, 0.5) is 5.69 Å². The first-order valence-electron chi connectivity index (χ1n) is 9.33. The van der Waals surface area contributed by atoms with E-state index in [4.69, 9.17) is 5.11 Å². The topological polar surface area (TPSA) is 105 Å². The molecule has 3 rings (SSSR count). The van der Waals surface area contributed by atoms with Crippen LogP contribution in [0.5, 0.6) is 0 Å². The number of nitrogens with zero attached hydrogens (tertiary/aromatic N) is 3. The van der Waals surface area contributed by atoms with E-state index in [2.05, 4.69) is 10.3 Å². The normalized spacial score (nSPS) is 15.8. The third-order valence-corrected chi connectivity index (χ3v) is 5.06. The highest BCUT2D eigenvalue weighted by Crippen LogP contribution is 2.20. The Morgan fingerprint density at radius 2 is 1.89 bits per heavy atom. The number of anilines is 1. The van der Waals surface area contributed by atoms with E-state index in [1.807, 2.05) is 17.7 Å². The number of imidazole rings is 1. The average Bonchev–Trinajstić information content (AvgIpc) is 3.23. The van der Waals surface area contributed by atoms with Gasteiger partial charge in [-0.25, -0.2) is 4.98 Å². The number of carboxylic acids is 1. The lowest BCUT2D eigenvalue weighted by Gasteiger charge is -2.30. The summed E-state index contributed by atoms with van der Waals surface area (Å²) in [5, 5.41) is 11.9. The minimum Gasteiger partial charge on any atom is -0.481 e. The third kappa shape index (κ3) is 4.76. The lowest BCUT2D eigenvalue weighted by Crippen LogP contribution is -2.40. The lowest BCUT2D eigenvalue weighted by atomic mass is 9.96. The van der Waals surface area contributed by atoms with Gasteiger partial charge >= 0.3 is 5.97 Å². The number of hydrogen-bond acceptors (Lipinski definition) is 4. The Labute approximate surface area is 163 Å². The molecule has 1 aliphatic rings. The second kappa shape index (κ2) is 8.69. The van der Waals surface area contributed by atoms with E-state index in [0.29, 0.717) is 43.6 Å². The first-order chi connectivity index (χ1) is 13.4. The minimum atomic E-state index is -0.797. The van der Waals surface area contributed by atoms with Crippen LogP contribution in [-0.2, 0) is 9.59 Å². The fraction of sp³-hybridized carbons (Fsp3) is 0.400. The van der Waals surface area contributed by atoms with Gasteiger partial charge in [0, 0.05) is 49.2 Å². The van der Waals surface area contributed by atoms with Gasteiger partial charge in [-0.3, -0.25) is 14.4 Å². The summed E-state index contributed by atoms with van der Waals surface area (Å²) in [6.45, 7) is 2.83. The smallest absolute Gasteiger partial charge is 0.306 e. The molecular weight excluding hydrogens is 360 g/mol. The zero-order valence-electron chi connectivity index (χ0n) is 15.7. The van der Waals surface area contributed by atoms with Crippen molar-refractivity contribution in [3.8, 4) is 0 Å². The summed E-state index contributed by atoms with van der Waals surface area (Å²) >= 11 is 0. The molecule has 1 saturated heterocycles. The molecule has 1 aliphatic heterocycles. The summed E-state index contributed by atoms with van der Waals surface area (Å²) in [5.41, 5.74) is 1.16. The van der Waals surface area contributed by atoms with Crippen molar-refractivity contribution in [3.63, 3.8) is 0 Å². The van der Waals surface area contributed by atoms with Crippen LogP contribution < -0.4 is 5.32 Å². The van der Waals surface area contributed by atoms with Gasteiger partial charge in [-0.05, 0) is 44.0 Å². The molecule has 0 aliphatic carbocycles. The van der Waals surface area contributed by atoms with E-state index in [9.17, 15) is 14.4 Å². The Morgan fingerprint density at radius 1 is 1.21 bits per heavy atom. The minimum absolute atomic E-state index is 0.00270. The van der Waals surface area contributed by atoms with Gasteiger partial charge in [0.15, 0.2) is 0 Å². The van der Waals surface area contributed by atoms with Gasteiger partial charge in [-0.15, -0.1) is 0 Å². The molecule has 8 heteroatoms. The van der Waals surface area contributed by atoms with Crippen LogP contribution >= 0.6 is 0 Å². The number of piperidine rings is 1. The Kier molecular flexibility index (Phi) is 6.08. The standard InChI is InChI=1S/C20H24N4O4/c1-14(24-11-8-21-13-24)12-18(25)22-17-4-2-15(3-5-17)19(26)23-9-6-16(7-10-23)20(27)28/h2-5,8,11,13-14,16H,6-7,9-10,12H2,1H3,(H,22,25)(H,27,28). The van der Waals surface area contributed by atoms with Crippen LogP contribution in [0.3, 0.4) is 0 Å². The SMILES string of the molecule is CC(CC(=O)Nc1ccc(C(=O)N2CCC(C(=O)O)CC2)cc1)n1ccnc1. The highest BCUT2D eigenvalue weighted by molar-refractivity contribution is 5.96. The molecule has 1 aromatic heterocycles. The molecule has 2 amide bonds. The maximum Gasteiger partial charge on any atom is 0.306 e. The number of nitrogens with one attached hydrogen (secondary N) is 1. The van der Waals surface area contributed by atoms with Crippen molar-refractivity contribution in [2.24, 2.45) is 5.92 Å². The van der Waals surface area contributed by atoms with Gasteiger partial charge in [0.2, 0.25) is 5.91 Å². The molecular formula is C20H24N4O4. The summed E-state index contributed by atoms with van der Waals surface area (Å²) in [5.74, 6) is -1.40. The van der Waals surface area contributed by atoms with Gasteiger partial charge < -0.3 is 19.9 Å². The molecule has 1 atom stereocenters. The van der Waals surface area contributed by atoms with Gasteiger partial charge in [0.1, 0.15) is 0 Å². The molecule has 0 saturated carbocycles. The number of amides is 2. The summed E-state index contributed by atoms with van der Waals surface area (Å²) in [6, 6.07) is 6.77. The molecule has 1 aromatic carbocycles. The summed E-state index contributed by atoms with van der Waals surface area (Å²) < 4.78 is 1.87. The number of carboxylic acid groups (broad SMARTS) is 1. The molecule has 28 heavy (non-hydrogen) atoms. The molecule has 1 unspecified atom stereocenters. The van der Waals surface area contributed by atoms with E-state index in [-0.39, 0.29) is 23.8 Å². The Hall–Kier alpha value is -3.16. The predicted octanol–water partition coefficient (Wildman–Crippen LogP) is 2.41. The van der Waals surface area contributed by atoms with Crippen LogP contribution in [-0.4, -0.2) is 50.4 Å². The van der Waals surface area contributed by atoms with Crippen LogP contribution in [0.15, 0.2) is 43.0 Å². The van der Waals surface area contributed by atoms with Gasteiger partial charge in [0.25, 0.3) is 5.91 Å². The summed E-state index contributed by atoms with van der Waals surface area (Å²) in [4.78, 5) is 41.4. The molecule has 148 valence electrons. The molecule has 2 N–H and O–H groups in total. The molecule has 0 radical (unpaired) electrons. The predicted molar refractivity (Wildman–Crippen MR) is 103 cm³/mol. The lowest BCUT2D eigenvalue weighted by molar-refractivity contribution is -0.143. The third-order valence-electron chi connectivity index (χ3n) is 5.06. The molecule has 0 spiro atoms. The van der Waals surface area contributed by atoms with Gasteiger partial charge in [-0.1, -0.05) is 0 Å².